The molecule has 2 aromatic carbocycles. The molecule has 0 aromatic heterocycles. The molecule has 1 aliphatic rings. The monoisotopic (exact) mass is 429 g/mol. The van der Waals surface area contributed by atoms with Gasteiger partial charge in [0.25, 0.3) is 0 Å². The Hall–Kier alpha value is -1.80. The van der Waals surface area contributed by atoms with Crippen molar-refractivity contribution in [3.63, 3.8) is 0 Å². The molecule has 0 saturated carbocycles. The van der Waals surface area contributed by atoms with Crippen molar-refractivity contribution in [1.29, 1.82) is 0 Å². The number of aliphatic carboxylic acids is 1. The highest BCUT2D eigenvalue weighted by Gasteiger charge is 2.28. The lowest BCUT2D eigenvalue weighted by Crippen LogP contribution is -2.31. The topological polar surface area (TPSA) is 92.7 Å². The summed E-state index contributed by atoms with van der Waals surface area (Å²) in [7, 11) is -3.84. The van der Waals surface area contributed by atoms with Crippen LogP contribution < -0.4 is 9.46 Å². The molecule has 0 bridgehead atoms. The summed E-state index contributed by atoms with van der Waals surface area (Å²) in [6.45, 7) is -0.451. The molecule has 0 spiro atoms. The molecule has 6 nitrogen and oxygen atoms in total. The summed E-state index contributed by atoms with van der Waals surface area (Å²) in [6, 6.07) is 8.92. The summed E-state index contributed by atoms with van der Waals surface area (Å²) in [4.78, 5) is 10.8. The molecule has 0 saturated heterocycles. The maximum atomic E-state index is 12.8. The van der Waals surface area contributed by atoms with E-state index in [1.165, 1.54) is 18.2 Å². The lowest BCUT2D eigenvalue weighted by Gasteiger charge is -2.27. The fraction of sp³-hybridized carbons (Fsp3) is 0.278. The first kappa shape index (κ1) is 19.9. The number of halogens is 2. The summed E-state index contributed by atoms with van der Waals surface area (Å²) >= 11 is 11.8. The molecule has 0 aliphatic heterocycles. The molecular weight excluding hydrogens is 413 g/mol. The van der Waals surface area contributed by atoms with Gasteiger partial charge in [0.05, 0.1) is 4.90 Å². The van der Waals surface area contributed by atoms with Crippen molar-refractivity contribution in [2.24, 2.45) is 0 Å². The van der Waals surface area contributed by atoms with E-state index in [4.69, 9.17) is 33.0 Å². The van der Waals surface area contributed by atoms with E-state index in [1.807, 2.05) is 6.07 Å². The minimum Gasteiger partial charge on any atom is -0.482 e. The lowest BCUT2D eigenvalue weighted by molar-refractivity contribution is -0.139. The van der Waals surface area contributed by atoms with Gasteiger partial charge in [0.1, 0.15) is 5.75 Å². The highest BCUT2D eigenvalue weighted by molar-refractivity contribution is 7.89. The van der Waals surface area contributed by atoms with E-state index in [1.54, 1.807) is 12.1 Å². The second kappa shape index (κ2) is 8.06. The van der Waals surface area contributed by atoms with Gasteiger partial charge in [-0.15, -0.1) is 0 Å². The third kappa shape index (κ3) is 4.73. The Balaban J connectivity index is 1.89. The molecule has 0 unspecified atom stereocenters. The van der Waals surface area contributed by atoms with E-state index >= 15 is 0 Å². The predicted octanol–water partition coefficient (Wildman–Crippen LogP) is 3.81. The number of rotatable bonds is 6. The van der Waals surface area contributed by atoms with Crippen LogP contribution in [0.25, 0.3) is 0 Å². The minimum absolute atomic E-state index is 0.00888. The highest BCUT2D eigenvalue weighted by atomic mass is 35.5. The maximum Gasteiger partial charge on any atom is 0.341 e. The number of fused-ring (bicyclic) bond motifs is 1. The van der Waals surface area contributed by atoms with Crippen molar-refractivity contribution in [1.82, 2.24) is 4.72 Å². The average Bonchev–Trinajstić information content (AvgIpc) is 2.59. The molecule has 0 heterocycles. The number of ether oxygens (including phenoxy) is 1. The Bertz CT molecular complexity index is 957. The van der Waals surface area contributed by atoms with Gasteiger partial charge in [-0.3, -0.25) is 0 Å². The van der Waals surface area contributed by atoms with Gasteiger partial charge in [0.15, 0.2) is 6.61 Å². The van der Waals surface area contributed by atoms with Gasteiger partial charge in [0, 0.05) is 16.1 Å². The second-order valence-electron chi connectivity index (χ2n) is 6.18. The molecule has 2 aromatic rings. The number of sulfonamides is 1. The number of carbonyl (C=O) groups is 1. The molecule has 9 heteroatoms. The van der Waals surface area contributed by atoms with Gasteiger partial charge in [-0.1, -0.05) is 35.3 Å². The van der Waals surface area contributed by atoms with Crippen molar-refractivity contribution in [3.8, 4) is 5.75 Å². The number of carboxylic acids is 1. The molecule has 1 aliphatic carbocycles. The molecule has 3 rings (SSSR count). The Morgan fingerprint density at radius 3 is 2.59 bits per heavy atom. The summed E-state index contributed by atoms with van der Waals surface area (Å²) in [5.74, 6) is -0.608. The smallest absolute Gasteiger partial charge is 0.341 e. The van der Waals surface area contributed by atoms with Crippen LogP contribution in [0.2, 0.25) is 10.0 Å². The fourth-order valence-corrected chi connectivity index (χ4v) is 5.13. The highest BCUT2D eigenvalue weighted by Crippen LogP contribution is 2.36. The zero-order valence-electron chi connectivity index (χ0n) is 14.1. The molecular formula is C18H17Cl2NO5S. The molecule has 27 heavy (non-hydrogen) atoms. The van der Waals surface area contributed by atoms with Gasteiger partial charge >= 0.3 is 5.97 Å². The fourth-order valence-electron chi connectivity index (χ4n) is 3.15. The number of nitrogens with one attached hydrogen (secondary N) is 1. The molecule has 0 fully saturated rings. The Kier molecular flexibility index (Phi) is 5.95. The van der Waals surface area contributed by atoms with Crippen LogP contribution in [0.1, 0.15) is 30.0 Å². The van der Waals surface area contributed by atoms with Crippen molar-refractivity contribution in [2.75, 3.05) is 6.61 Å². The quantitative estimate of drug-likeness (QED) is 0.727. The van der Waals surface area contributed by atoms with E-state index in [-0.39, 0.29) is 14.9 Å². The third-order valence-corrected chi connectivity index (χ3v) is 6.15. The maximum absolute atomic E-state index is 12.8. The predicted molar refractivity (Wildman–Crippen MR) is 102 cm³/mol. The summed E-state index contributed by atoms with van der Waals surface area (Å²) in [6.07, 6.45) is 2.04. The van der Waals surface area contributed by atoms with E-state index in [0.29, 0.717) is 18.6 Å². The number of hydrogen-bond donors (Lipinski definition) is 2. The van der Waals surface area contributed by atoms with Crippen LogP contribution in [0.15, 0.2) is 41.3 Å². The molecule has 2 N–H and O–H groups in total. The average molecular weight is 430 g/mol. The number of carboxylic acid groups (broad SMARTS) is 1. The van der Waals surface area contributed by atoms with Gasteiger partial charge in [-0.2, -0.15) is 0 Å². The standard InChI is InChI=1S/C18H17Cl2NO5S/c19-11-7-12(20)9-13(8-11)27(24,25)21-16-5-1-4-15-14(16)3-2-6-17(15)26-10-18(22)23/h2-3,6-9,16,21H,1,4-5,10H2,(H,22,23)/t16-/m1/s1. The van der Waals surface area contributed by atoms with Crippen molar-refractivity contribution in [2.45, 2.75) is 30.2 Å². The van der Waals surface area contributed by atoms with E-state index in [2.05, 4.69) is 4.72 Å². The zero-order valence-corrected chi connectivity index (χ0v) is 16.4. The first-order valence-corrected chi connectivity index (χ1v) is 10.4. The van der Waals surface area contributed by atoms with Crippen LogP contribution in [-0.2, 0) is 21.2 Å². The minimum atomic E-state index is -3.84. The van der Waals surface area contributed by atoms with Gasteiger partial charge in [-0.05, 0) is 54.7 Å². The Morgan fingerprint density at radius 2 is 1.93 bits per heavy atom. The van der Waals surface area contributed by atoms with Gasteiger partial charge in [0.2, 0.25) is 10.0 Å². The lowest BCUT2D eigenvalue weighted by atomic mass is 9.87. The van der Waals surface area contributed by atoms with E-state index in [9.17, 15) is 13.2 Å². The summed E-state index contributed by atoms with van der Waals surface area (Å²) in [5, 5.41) is 9.28. The number of benzene rings is 2. The van der Waals surface area contributed by atoms with Crippen LogP contribution in [0, 0.1) is 0 Å². The van der Waals surface area contributed by atoms with Gasteiger partial charge < -0.3 is 9.84 Å². The Morgan fingerprint density at radius 1 is 1.22 bits per heavy atom. The molecule has 0 radical (unpaired) electrons. The molecule has 144 valence electrons. The van der Waals surface area contributed by atoms with Crippen molar-refractivity contribution >= 4 is 39.2 Å². The largest absolute Gasteiger partial charge is 0.482 e. The van der Waals surface area contributed by atoms with Crippen LogP contribution in [0.5, 0.6) is 5.75 Å². The van der Waals surface area contributed by atoms with E-state index < -0.39 is 28.6 Å². The van der Waals surface area contributed by atoms with Crippen LogP contribution in [0.3, 0.4) is 0 Å². The zero-order chi connectivity index (χ0) is 19.6. The van der Waals surface area contributed by atoms with Crippen LogP contribution in [0.4, 0.5) is 0 Å². The number of hydrogen-bond acceptors (Lipinski definition) is 4. The molecule has 1 atom stereocenters. The summed E-state index contributed by atoms with van der Waals surface area (Å²) in [5.41, 5.74) is 1.60. The van der Waals surface area contributed by atoms with Crippen molar-refractivity contribution in [3.05, 3.63) is 57.6 Å². The SMILES string of the molecule is O=C(O)COc1cccc2c1CCC[C@H]2NS(=O)(=O)c1cc(Cl)cc(Cl)c1. The summed E-state index contributed by atoms with van der Waals surface area (Å²) < 4.78 is 33.6. The molecule has 0 amide bonds. The first-order chi connectivity index (χ1) is 12.8. The second-order valence-corrected chi connectivity index (χ2v) is 8.76. The van der Waals surface area contributed by atoms with Gasteiger partial charge in [-0.25, -0.2) is 17.9 Å². The Labute approximate surface area is 167 Å². The van der Waals surface area contributed by atoms with E-state index in [0.717, 1.165) is 17.5 Å². The van der Waals surface area contributed by atoms with Crippen molar-refractivity contribution < 1.29 is 23.1 Å². The normalized spacial score (nSPS) is 16.6. The van der Waals surface area contributed by atoms with Crippen LogP contribution in [-0.4, -0.2) is 26.1 Å². The third-order valence-electron chi connectivity index (χ3n) is 4.26. The van der Waals surface area contributed by atoms with Crippen LogP contribution >= 0.6 is 23.2 Å². The first-order valence-electron chi connectivity index (χ1n) is 8.21.